The predicted molar refractivity (Wildman–Crippen MR) is 55.9 cm³/mol. The number of aromatic amines is 1. The Kier molecular flexibility index (Phi) is 1.45. The fourth-order valence-electron chi connectivity index (χ4n) is 1.76. The molecular formula is C10H8N4O. The van der Waals surface area contributed by atoms with E-state index in [2.05, 4.69) is 15.2 Å². The number of aryl methyl sites for hydroxylation is 1. The Hall–Kier alpha value is -2.17. The van der Waals surface area contributed by atoms with Crippen LogP contribution in [0.15, 0.2) is 29.1 Å². The Balaban J connectivity index is 2.74. The summed E-state index contributed by atoms with van der Waals surface area (Å²) in [6, 6.07) is 7.39. The molecule has 74 valence electrons. The van der Waals surface area contributed by atoms with Crippen molar-refractivity contribution >= 4 is 16.7 Å². The summed E-state index contributed by atoms with van der Waals surface area (Å²) in [5, 5.41) is 8.46. The van der Waals surface area contributed by atoms with Gasteiger partial charge in [-0.2, -0.15) is 0 Å². The minimum absolute atomic E-state index is 0.134. The summed E-state index contributed by atoms with van der Waals surface area (Å²) in [5.41, 5.74) is 0.698. The van der Waals surface area contributed by atoms with E-state index in [0.717, 1.165) is 11.3 Å². The fourth-order valence-corrected chi connectivity index (χ4v) is 1.76. The molecule has 0 bridgehead atoms. The summed E-state index contributed by atoms with van der Waals surface area (Å²) in [6.45, 7) is 1.85. The van der Waals surface area contributed by atoms with E-state index in [9.17, 15) is 4.79 Å². The lowest BCUT2D eigenvalue weighted by molar-refractivity contribution is 1.02. The van der Waals surface area contributed by atoms with E-state index in [-0.39, 0.29) is 5.56 Å². The lowest BCUT2D eigenvalue weighted by Gasteiger charge is -2.00. The number of H-pyrrole nitrogens is 1. The van der Waals surface area contributed by atoms with E-state index in [1.165, 1.54) is 0 Å². The third-order valence-electron chi connectivity index (χ3n) is 2.44. The Morgan fingerprint density at radius 3 is 2.93 bits per heavy atom. The maximum absolute atomic E-state index is 11.7. The van der Waals surface area contributed by atoms with Crippen molar-refractivity contribution in [1.29, 1.82) is 0 Å². The number of rotatable bonds is 0. The number of nitrogens with zero attached hydrogens (tertiary/aromatic N) is 3. The minimum Gasteiger partial charge on any atom is -0.290 e. The summed E-state index contributed by atoms with van der Waals surface area (Å²) in [7, 11) is 0. The molecule has 0 aliphatic carbocycles. The highest BCUT2D eigenvalue weighted by molar-refractivity contribution is 5.79. The first-order valence-corrected chi connectivity index (χ1v) is 4.60. The number of benzene rings is 1. The average Bonchev–Trinajstić information content (AvgIpc) is 2.61. The first-order valence-electron chi connectivity index (χ1n) is 4.60. The molecule has 0 unspecified atom stereocenters. The summed E-state index contributed by atoms with van der Waals surface area (Å²) in [5.74, 6) is 1.24. The third kappa shape index (κ3) is 0.999. The summed E-state index contributed by atoms with van der Waals surface area (Å²) in [4.78, 5) is 14.4. The van der Waals surface area contributed by atoms with Crippen LogP contribution in [0.3, 0.4) is 0 Å². The zero-order valence-electron chi connectivity index (χ0n) is 8.06. The smallest absolute Gasteiger partial charge is 0.260 e. The predicted octanol–water partition coefficient (Wildman–Crippen LogP) is 0.879. The van der Waals surface area contributed by atoms with Crippen molar-refractivity contribution < 1.29 is 0 Å². The number of hydrogen-bond acceptors (Lipinski definition) is 3. The van der Waals surface area contributed by atoms with Crippen LogP contribution < -0.4 is 5.56 Å². The van der Waals surface area contributed by atoms with Gasteiger partial charge < -0.3 is 0 Å². The maximum atomic E-state index is 11.7. The third-order valence-corrected chi connectivity index (χ3v) is 2.44. The van der Waals surface area contributed by atoms with Gasteiger partial charge >= 0.3 is 0 Å². The Morgan fingerprint density at radius 2 is 2.07 bits per heavy atom. The largest absolute Gasteiger partial charge is 0.290 e. The van der Waals surface area contributed by atoms with Gasteiger partial charge in [-0.15, -0.1) is 10.2 Å². The SMILES string of the molecule is Cc1nnc2[nH]c(=O)c3ccccc3n12. The van der Waals surface area contributed by atoms with Gasteiger partial charge in [0, 0.05) is 0 Å². The van der Waals surface area contributed by atoms with E-state index in [1.54, 1.807) is 6.07 Å². The minimum atomic E-state index is -0.134. The number of aromatic nitrogens is 4. The first kappa shape index (κ1) is 8.16. The molecule has 2 heterocycles. The van der Waals surface area contributed by atoms with E-state index in [1.807, 2.05) is 29.5 Å². The Labute approximate surface area is 84.4 Å². The van der Waals surface area contributed by atoms with Crippen molar-refractivity contribution in [3.8, 4) is 0 Å². The molecule has 0 saturated heterocycles. The molecule has 0 radical (unpaired) electrons. The summed E-state index contributed by atoms with van der Waals surface area (Å²) in [6.07, 6.45) is 0. The van der Waals surface area contributed by atoms with Gasteiger partial charge in [0.05, 0.1) is 10.9 Å². The molecule has 0 amide bonds. The maximum Gasteiger partial charge on any atom is 0.260 e. The van der Waals surface area contributed by atoms with Crippen LogP contribution in [0.4, 0.5) is 0 Å². The second-order valence-corrected chi connectivity index (χ2v) is 3.38. The van der Waals surface area contributed by atoms with E-state index in [0.29, 0.717) is 11.2 Å². The zero-order valence-corrected chi connectivity index (χ0v) is 8.06. The molecule has 1 N–H and O–H groups in total. The van der Waals surface area contributed by atoms with Gasteiger partial charge in [0.15, 0.2) is 0 Å². The molecule has 0 aliphatic rings. The van der Waals surface area contributed by atoms with Gasteiger partial charge in [0.1, 0.15) is 5.82 Å². The van der Waals surface area contributed by atoms with Gasteiger partial charge in [0.25, 0.3) is 5.56 Å². The van der Waals surface area contributed by atoms with Crippen molar-refractivity contribution in [2.45, 2.75) is 6.92 Å². The van der Waals surface area contributed by atoms with Gasteiger partial charge in [-0.25, -0.2) is 0 Å². The van der Waals surface area contributed by atoms with Gasteiger partial charge in [-0.1, -0.05) is 12.1 Å². The molecular weight excluding hydrogens is 192 g/mol. The highest BCUT2D eigenvalue weighted by atomic mass is 16.1. The highest BCUT2D eigenvalue weighted by Crippen LogP contribution is 2.11. The van der Waals surface area contributed by atoms with E-state index in [4.69, 9.17) is 0 Å². The van der Waals surface area contributed by atoms with Crippen LogP contribution in [0.5, 0.6) is 0 Å². The quantitative estimate of drug-likeness (QED) is 0.586. The standard InChI is InChI=1S/C10H8N4O/c1-6-12-13-10-11-9(15)7-4-2-3-5-8(7)14(6)10/h2-5H,1H3,(H,11,13,15). The first-order chi connectivity index (χ1) is 7.27. The fraction of sp³-hybridized carbons (Fsp3) is 0.100. The van der Waals surface area contributed by atoms with Crippen molar-refractivity contribution in [2.75, 3.05) is 0 Å². The van der Waals surface area contributed by atoms with Crippen molar-refractivity contribution in [3.05, 3.63) is 40.4 Å². The molecule has 0 saturated carbocycles. The number of para-hydroxylation sites is 1. The van der Waals surface area contributed by atoms with Gasteiger partial charge in [-0.05, 0) is 19.1 Å². The Morgan fingerprint density at radius 1 is 1.27 bits per heavy atom. The number of hydrogen-bond donors (Lipinski definition) is 1. The van der Waals surface area contributed by atoms with E-state index >= 15 is 0 Å². The van der Waals surface area contributed by atoms with Crippen LogP contribution in [-0.4, -0.2) is 19.6 Å². The lowest BCUT2D eigenvalue weighted by Crippen LogP contribution is -2.10. The molecule has 5 nitrogen and oxygen atoms in total. The number of fused-ring (bicyclic) bond motifs is 3. The molecule has 0 spiro atoms. The zero-order chi connectivity index (χ0) is 10.4. The van der Waals surface area contributed by atoms with Crippen LogP contribution in [0.25, 0.3) is 16.7 Å². The Bertz CT molecular complexity index is 710. The highest BCUT2D eigenvalue weighted by Gasteiger charge is 2.07. The van der Waals surface area contributed by atoms with Crippen LogP contribution in [0.1, 0.15) is 5.82 Å². The second-order valence-electron chi connectivity index (χ2n) is 3.38. The molecule has 0 aliphatic heterocycles. The second kappa shape index (κ2) is 2.66. The normalized spacial score (nSPS) is 11.3. The summed E-state index contributed by atoms with van der Waals surface area (Å²) < 4.78 is 1.83. The van der Waals surface area contributed by atoms with Crippen LogP contribution in [0.2, 0.25) is 0 Å². The van der Waals surface area contributed by atoms with Gasteiger partial charge in [0.2, 0.25) is 5.78 Å². The molecule has 0 fully saturated rings. The molecule has 1 aromatic carbocycles. The van der Waals surface area contributed by atoms with E-state index < -0.39 is 0 Å². The van der Waals surface area contributed by atoms with Crippen molar-refractivity contribution in [1.82, 2.24) is 19.6 Å². The lowest BCUT2D eigenvalue weighted by atomic mass is 10.2. The molecule has 3 rings (SSSR count). The van der Waals surface area contributed by atoms with Crippen LogP contribution in [-0.2, 0) is 0 Å². The van der Waals surface area contributed by atoms with Crippen LogP contribution in [0, 0.1) is 6.92 Å². The average molecular weight is 200 g/mol. The molecule has 15 heavy (non-hydrogen) atoms. The summed E-state index contributed by atoms with van der Waals surface area (Å²) >= 11 is 0. The molecule has 3 aromatic rings. The molecule has 5 heteroatoms. The molecule has 0 atom stereocenters. The topological polar surface area (TPSA) is 63.0 Å². The van der Waals surface area contributed by atoms with Crippen molar-refractivity contribution in [2.24, 2.45) is 0 Å². The monoisotopic (exact) mass is 200 g/mol. The van der Waals surface area contributed by atoms with Crippen LogP contribution >= 0.6 is 0 Å². The molecule has 2 aromatic heterocycles. The van der Waals surface area contributed by atoms with Crippen molar-refractivity contribution in [3.63, 3.8) is 0 Å². The number of nitrogens with one attached hydrogen (secondary N) is 1. The van der Waals surface area contributed by atoms with Gasteiger partial charge in [-0.3, -0.25) is 14.2 Å².